The summed E-state index contributed by atoms with van der Waals surface area (Å²) >= 11 is 4.96. The summed E-state index contributed by atoms with van der Waals surface area (Å²) in [6.07, 6.45) is 6.27. The molecule has 3 aliphatic rings. The largest absolute Gasteiger partial charge is 0.400 e. The van der Waals surface area contributed by atoms with Crippen LogP contribution in [0.5, 0.6) is 0 Å². The molecule has 2 amide bonds. The molecule has 27 heavy (non-hydrogen) atoms. The second-order valence-electron chi connectivity index (χ2n) is 8.21. The number of amides is 2. The highest BCUT2D eigenvalue weighted by molar-refractivity contribution is 6.27. The van der Waals surface area contributed by atoms with Crippen LogP contribution in [-0.2, 0) is 19.1 Å². The molecule has 0 aromatic carbocycles. The molecule has 0 aromatic heterocycles. The summed E-state index contributed by atoms with van der Waals surface area (Å²) in [6, 6.07) is 0. The molecule has 0 aromatic rings. The van der Waals surface area contributed by atoms with E-state index in [2.05, 4.69) is 20.8 Å². The van der Waals surface area contributed by atoms with Crippen molar-refractivity contribution < 1.29 is 29.3 Å². The van der Waals surface area contributed by atoms with Gasteiger partial charge in [-0.2, -0.15) is 0 Å². The van der Waals surface area contributed by atoms with E-state index in [4.69, 9.17) is 26.2 Å². The van der Waals surface area contributed by atoms with Gasteiger partial charge in [0, 0.05) is 19.4 Å². The van der Waals surface area contributed by atoms with Gasteiger partial charge in [0.15, 0.2) is 0 Å². The lowest BCUT2D eigenvalue weighted by molar-refractivity contribution is -0.123. The Kier molecular flexibility index (Phi) is 8.69. The molecule has 1 aliphatic carbocycles. The number of aliphatic hydroxyl groups is 2. The van der Waals surface area contributed by atoms with Gasteiger partial charge in [0.2, 0.25) is 12.3 Å². The number of rotatable bonds is 5. The maximum atomic E-state index is 10.6. The molecule has 5 unspecified atom stereocenters. The summed E-state index contributed by atoms with van der Waals surface area (Å²) in [7, 11) is 1.00. The van der Waals surface area contributed by atoms with E-state index >= 15 is 0 Å². The number of epoxide rings is 2. The molecule has 1 saturated carbocycles. The summed E-state index contributed by atoms with van der Waals surface area (Å²) in [5.41, 5.74) is -0.629. The molecule has 0 spiro atoms. The molecule has 158 valence electrons. The second kappa shape index (κ2) is 9.65. The minimum absolute atomic E-state index is 0.0436. The van der Waals surface area contributed by atoms with Crippen LogP contribution >= 0.6 is 11.6 Å². The van der Waals surface area contributed by atoms with Crippen LogP contribution < -0.4 is 5.32 Å². The topological polar surface area (TPSA) is 112 Å². The van der Waals surface area contributed by atoms with Crippen molar-refractivity contribution in [3.05, 3.63) is 0 Å². The van der Waals surface area contributed by atoms with Crippen molar-refractivity contribution in [2.75, 3.05) is 13.0 Å². The minimum Gasteiger partial charge on any atom is -0.400 e. The van der Waals surface area contributed by atoms with Crippen LogP contribution in [0.25, 0.3) is 0 Å². The van der Waals surface area contributed by atoms with Crippen LogP contribution in [0.4, 0.5) is 0 Å². The number of hydrogen-bond acceptors (Lipinski definition) is 6. The third-order valence-corrected chi connectivity index (χ3v) is 6.02. The SMILES string of the molecule is CC1(O)CCCCC1C1(C)OC1CC1OC1(C)C.CO.O=CNC(=O)CCl. The highest BCUT2D eigenvalue weighted by Crippen LogP contribution is 2.55. The number of hydrogen-bond donors (Lipinski definition) is 3. The van der Waals surface area contributed by atoms with E-state index in [0.717, 1.165) is 32.8 Å². The van der Waals surface area contributed by atoms with Gasteiger partial charge in [-0.15, -0.1) is 11.6 Å². The molecule has 3 fully saturated rings. The third kappa shape index (κ3) is 6.39. The van der Waals surface area contributed by atoms with Crippen molar-refractivity contribution >= 4 is 23.9 Å². The molecular formula is C19H34ClNO6. The molecule has 2 aliphatic heterocycles. The summed E-state index contributed by atoms with van der Waals surface area (Å²) in [6.45, 7) is 8.43. The van der Waals surface area contributed by atoms with Crippen molar-refractivity contribution in [3.63, 3.8) is 0 Å². The van der Waals surface area contributed by atoms with Crippen molar-refractivity contribution in [2.24, 2.45) is 5.92 Å². The highest BCUT2D eigenvalue weighted by Gasteiger charge is 2.64. The molecule has 3 N–H and O–H groups in total. The van der Waals surface area contributed by atoms with Crippen LogP contribution in [0.2, 0.25) is 0 Å². The fraction of sp³-hybridized carbons (Fsp3) is 0.895. The first-order chi connectivity index (χ1) is 12.6. The Morgan fingerprint density at radius 3 is 2.19 bits per heavy atom. The summed E-state index contributed by atoms with van der Waals surface area (Å²) in [4.78, 5) is 19.3. The maximum Gasteiger partial charge on any atom is 0.241 e. The average molecular weight is 408 g/mol. The zero-order chi connectivity index (χ0) is 20.9. The van der Waals surface area contributed by atoms with E-state index < -0.39 is 11.5 Å². The Balaban J connectivity index is 0.000000346. The Hall–Kier alpha value is -0.730. The third-order valence-electron chi connectivity index (χ3n) is 5.78. The number of nitrogens with one attached hydrogen (secondary N) is 1. The van der Waals surface area contributed by atoms with Gasteiger partial charge in [0.1, 0.15) is 5.88 Å². The number of carbonyl (C=O) groups is 2. The van der Waals surface area contributed by atoms with Gasteiger partial charge in [0.05, 0.1) is 29.0 Å². The minimum atomic E-state index is -0.554. The van der Waals surface area contributed by atoms with Gasteiger partial charge in [-0.1, -0.05) is 12.8 Å². The molecule has 0 radical (unpaired) electrons. The lowest BCUT2D eigenvalue weighted by Crippen LogP contribution is -2.46. The summed E-state index contributed by atoms with van der Waals surface area (Å²) in [5, 5.41) is 19.4. The van der Waals surface area contributed by atoms with Crippen LogP contribution in [0, 0.1) is 5.92 Å². The van der Waals surface area contributed by atoms with Gasteiger partial charge in [-0.3, -0.25) is 14.9 Å². The summed E-state index contributed by atoms with van der Waals surface area (Å²) < 4.78 is 11.6. The van der Waals surface area contributed by atoms with Crippen molar-refractivity contribution in [1.29, 1.82) is 0 Å². The molecular weight excluding hydrogens is 374 g/mol. The normalized spacial score (nSPS) is 38.3. The molecule has 0 bridgehead atoms. The van der Waals surface area contributed by atoms with E-state index in [0.29, 0.717) is 12.5 Å². The predicted molar refractivity (Wildman–Crippen MR) is 102 cm³/mol. The van der Waals surface area contributed by atoms with Crippen LogP contribution in [0.3, 0.4) is 0 Å². The molecule has 2 saturated heterocycles. The first kappa shape index (κ1) is 24.3. The highest BCUT2D eigenvalue weighted by atomic mass is 35.5. The van der Waals surface area contributed by atoms with E-state index in [9.17, 15) is 14.7 Å². The fourth-order valence-corrected chi connectivity index (χ4v) is 4.12. The van der Waals surface area contributed by atoms with Crippen LogP contribution in [0.1, 0.15) is 59.8 Å². The molecule has 5 atom stereocenters. The number of carbonyl (C=O) groups excluding carboxylic acids is 2. The number of ether oxygens (including phenoxy) is 2. The van der Waals surface area contributed by atoms with Gasteiger partial charge in [0.25, 0.3) is 0 Å². The second-order valence-corrected chi connectivity index (χ2v) is 8.48. The average Bonchev–Trinajstić information content (AvgIpc) is 3.45. The fourth-order valence-electron chi connectivity index (χ4n) is 4.04. The lowest BCUT2D eigenvalue weighted by Gasteiger charge is -2.39. The number of imide groups is 1. The zero-order valence-corrected chi connectivity index (χ0v) is 17.7. The van der Waals surface area contributed by atoms with Gasteiger partial charge in [-0.25, -0.2) is 0 Å². The number of aliphatic hydroxyl groups excluding tert-OH is 1. The lowest BCUT2D eigenvalue weighted by atomic mass is 9.69. The molecule has 8 heteroatoms. The zero-order valence-electron chi connectivity index (χ0n) is 17.0. The van der Waals surface area contributed by atoms with Crippen molar-refractivity contribution in [1.82, 2.24) is 5.32 Å². The predicted octanol–water partition coefficient (Wildman–Crippen LogP) is 1.76. The van der Waals surface area contributed by atoms with Crippen molar-refractivity contribution in [2.45, 2.75) is 88.8 Å². The summed E-state index contributed by atoms with van der Waals surface area (Å²) in [5.74, 6) is -0.360. The molecule has 3 rings (SSSR count). The van der Waals surface area contributed by atoms with Crippen LogP contribution in [-0.4, -0.2) is 64.5 Å². The van der Waals surface area contributed by atoms with Crippen LogP contribution in [0.15, 0.2) is 0 Å². The number of halogens is 1. The van der Waals surface area contributed by atoms with E-state index in [1.165, 1.54) is 6.42 Å². The van der Waals surface area contributed by atoms with E-state index in [-0.39, 0.29) is 29.1 Å². The Morgan fingerprint density at radius 1 is 1.19 bits per heavy atom. The van der Waals surface area contributed by atoms with E-state index in [1.54, 1.807) is 0 Å². The van der Waals surface area contributed by atoms with E-state index in [1.807, 2.05) is 12.2 Å². The molecule has 2 heterocycles. The first-order valence-corrected chi connectivity index (χ1v) is 9.92. The monoisotopic (exact) mass is 407 g/mol. The first-order valence-electron chi connectivity index (χ1n) is 9.38. The standard InChI is InChI=1S/C15H26O3.C3H4ClNO2.CH4O/c1-13(2)11(17-13)9-12-15(4,18-12)10-7-5-6-8-14(10,3)16;4-1-3(7)5-2-6;1-2/h10-12,16H,5-9H2,1-4H3;2H,1H2,(H,5,6,7);2H,1H3. The smallest absolute Gasteiger partial charge is 0.241 e. The number of alkyl halides is 1. The quantitative estimate of drug-likeness (QED) is 0.363. The van der Waals surface area contributed by atoms with Gasteiger partial charge in [-0.05, 0) is 40.5 Å². The van der Waals surface area contributed by atoms with Gasteiger partial charge < -0.3 is 19.7 Å². The maximum absolute atomic E-state index is 10.6. The van der Waals surface area contributed by atoms with Gasteiger partial charge >= 0.3 is 0 Å². The Labute approximate surface area is 166 Å². The van der Waals surface area contributed by atoms with Crippen molar-refractivity contribution in [3.8, 4) is 0 Å². The Bertz CT molecular complexity index is 512. The Morgan fingerprint density at radius 2 is 1.78 bits per heavy atom. The molecule has 7 nitrogen and oxygen atoms in total.